The van der Waals surface area contributed by atoms with Gasteiger partial charge in [0.05, 0.1) is 6.10 Å². The molecule has 0 bridgehead atoms. The molecule has 17 heavy (non-hydrogen) atoms. The van der Waals surface area contributed by atoms with E-state index in [9.17, 15) is 13.9 Å². The first-order chi connectivity index (χ1) is 8.08. The van der Waals surface area contributed by atoms with Crippen LogP contribution < -0.4 is 0 Å². The standard InChI is InChI=1S/C11H11F2N3O/c1-16-11(14-6-15-16)5-10(17)7-2-3-8(12)9(13)4-7/h2-4,6,10,17H,5H2,1H3. The minimum atomic E-state index is -0.973. The Kier molecular flexibility index (Phi) is 3.14. The van der Waals surface area contributed by atoms with E-state index < -0.39 is 17.7 Å². The van der Waals surface area contributed by atoms with E-state index in [1.807, 2.05) is 0 Å². The largest absolute Gasteiger partial charge is 0.388 e. The number of aliphatic hydroxyl groups excluding tert-OH is 1. The molecular weight excluding hydrogens is 228 g/mol. The summed E-state index contributed by atoms with van der Waals surface area (Å²) in [6.45, 7) is 0. The summed E-state index contributed by atoms with van der Waals surface area (Å²) < 4.78 is 27.2. The molecule has 0 amide bonds. The first-order valence-electron chi connectivity index (χ1n) is 5.04. The van der Waals surface area contributed by atoms with Crippen LogP contribution >= 0.6 is 0 Å². The van der Waals surface area contributed by atoms with E-state index in [1.54, 1.807) is 7.05 Å². The van der Waals surface area contributed by atoms with Crippen LogP contribution in [0.5, 0.6) is 0 Å². The molecule has 1 N–H and O–H groups in total. The van der Waals surface area contributed by atoms with Crippen molar-refractivity contribution in [1.29, 1.82) is 0 Å². The lowest BCUT2D eigenvalue weighted by molar-refractivity contribution is 0.174. The van der Waals surface area contributed by atoms with Crippen molar-refractivity contribution in [2.45, 2.75) is 12.5 Å². The molecule has 1 aromatic heterocycles. The van der Waals surface area contributed by atoms with Crippen molar-refractivity contribution >= 4 is 0 Å². The van der Waals surface area contributed by atoms with Crippen molar-refractivity contribution in [2.75, 3.05) is 0 Å². The highest BCUT2D eigenvalue weighted by Crippen LogP contribution is 2.19. The van der Waals surface area contributed by atoms with Gasteiger partial charge in [0.2, 0.25) is 0 Å². The van der Waals surface area contributed by atoms with E-state index in [1.165, 1.54) is 17.1 Å². The van der Waals surface area contributed by atoms with E-state index in [0.717, 1.165) is 12.1 Å². The van der Waals surface area contributed by atoms with Gasteiger partial charge in [0, 0.05) is 13.5 Å². The van der Waals surface area contributed by atoms with Gasteiger partial charge < -0.3 is 5.11 Å². The van der Waals surface area contributed by atoms with Gasteiger partial charge in [-0.2, -0.15) is 5.10 Å². The average Bonchev–Trinajstić information content (AvgIpc) is 2.68. The molecule has 0 aliphatic rings. The van der Waals surface area contributed by atoms with E-state index in [0.29, 0.717) is 11.4 Å². The quantitative estimate of drug-likeness (QED) is 0.880. The zero-order chi connectivity index (χ0) is 12.4. The van der Waals surface area contributed by atoms with Crippen molar-refractivity contribution in [3.8, 4) is 0 Å². The van der Waals surface area contributed by atoms with Crippen molar-refractivity contribution in [3.63, 3.8) is 0 Å². The summed E-state index contributed by atoms with van der Waals surface area (Å²) in [5, 5.41) is 13.7. The average molecular weight is 239 g/mol. The molecule has 1 unspecified atom stereocenters. The molecule has 0 saturated heterocycles. The SMILES string of the molecule is Cn1ncnc1CC(O)c1ccc(F)c(F)c1. The molecule has 0 aliphatic carbocycles. The van der Waals surface area contributed by atoms with Gasteiger partial charge >= 0.3 is 0 Å². The van der Waals surface area contributed by atoms with Gasteiger partial charge in [0.25, 0.3) is 0 Å². The Morgan fingerprint density at radius 2 is 2.12 bits per heavy atom. The van der Waals surface area contributed by atoms with Gasteiger partial charge in [-0.25, -0.2) is 13.8 Å². The number of hydrogen-bond donors (Lipinski definition) is 1. The molecule has 0 fully saturated rings. The van der Waals surface area contributed by atoms with Gasteiger partial charge in [0.15, 0.2) is 11.6 Å². The molecule has 1 aromatic carbocycles. The van der Waals surface area contributed by atoms with Crippen LogP contribution in [0.15, 0.2) is 24.5 Å². The van der Waals surface area contributed by atoms with Crippen molar-refractivity contribution in [2.24, 2.45) is 7.05 Å². The van der Waals surface area contributed by atoms with Crippen LogP contribution in [-0.2, 0) is 13.5 Å². The Labute approximate surface area is 96.5 Å². The first kappa shape index (κ1) is 11.7. The molecule has 1 heterocycles. The third-order valence-corrected chi connectivity index (χ3v) is 2.51. The predicted octanol–water partition coefficient (Wildman–Crippen LogP) is 1.37. The topological polar surface area (TPSA) is 50.9 Å². The number of nitrogens with zero attached hydrogens (tertiary/aromatic N) is 3. The summed E-state index contributed by atoms with van der Waals surface area (Å²) in [6.07, 6.45) is 0.627. The van der Waals surface area contributed by atoms with E-state index in [-0.39, 0.29) is 6.42 Å². The summed E-state index contributed by atoms with van der Waals surface area (Å²) >= 11 is 0. The molecule has 4 nitrogen and oxygen atoms in total. The number of aryl methyl sites for hydroxylation is 1. The van der Waals surface area contributed by atoms with Crippen LogP contribution in [0.3, 0.4) is 0 Å². The van der Waals surface area contributed by atoms with E-state index in [2.05, 4.69) is 10.1 Å². The molecule has 2 rings (SSSR count). The second kappa shape index (κ2) is 4.58. The number of hydrogen-bond acceptors (Lipinski definition) is 3. The fourth-order valence-electron chi connectivity index (χ4n) is 1.52. The number of halogens is 2. The minimum Gasteiger partial charge on any atom is -0.388 e. The van der Waals surface area contributed by atoms with Crippen LogP contribution in [0.25, 0.3) is 0 Å². The Morgan fingerprint density at radius 1 is 1.35 bits per heavy atom. The fraction of sp³-hybridized carbons (Fsp3) is 0.273. The summed E-state index contributed by atoms with van der Waals surface area (Å²) in [5.41, 5.74) is 0.312. The molecule has 2 aromatic rings. The third-order valence-electron chi connectivity index (χ3n) is 2.51. The second-order valence-electron chi connectivity index (χ2n) is 3.69. The highest BCUT2D eigenvalue weighted by Gasteiger charge is 2.14. The lowest BCUT2D eigenvalue weighted by atomic mass is 10.1. The minimum absolute atomic E-state index is 0.196. The Morgan fingerprint density at radius 3 is 2.71 bits per heavy atom. The van der Waals surface area contributed by atoms with Gasteiger partial charge in [-0.15, -0.1) is 0 Å². The third kappa shape index (κ3) is 2.47. The van der Waals surface area contributed by atoms with Crippen molar-refractivity contribution in [3.05, 3.63) is 47.5 Å². The van der Waals surface area contributed by atoms with Gasteiger partial charge in [-0.1, -0.05) is 6.07 Å². The van der Waals surface area contributed by atoms with Gasteiger partial charge in [-0.3, -0.25) is 4.68 Å². The maximum absolute atomic E-state index is 13.0. The first-order valence-corrected chi connectivity index (χ1v) is 5.04. The van der Waals surface area contributed by atoms with Gasteiger partial charge in [-0.05, 0) is 17.7 Å². The zero-order valence-corrected chi connectivity index (χ0v) is 9.14. The Balaban J connectivity index is 2.17. The number of benzene rings is 1. The molecule has 6 heteroatoms. The van der Waals surface area contributed by atoms with E-state index in [4.69, 9.17) is 0 Å². The molecule has 0 radical (unpaired) electrons. The van der Waals surface area contributed by atoms with Crippen LogP contribution in [0.2, 0.25) is 0 Å². The summed E-state index contributed by atoms with van der Waals surface area (Å²) in [7, 11) is 1.69. The number of rotatable bonds is 3. The number of aromatic nitrogens is 3. The highest BCUT2D eigenvalue weighted by atomic mass is 19.2. The Bertz CT molecular complexity index is 527. The van der Waals surface area contributed by atoms with Crippen LogP contribution in [0.1, 0.15) is 17.5 Å². The molecule has 0 aliphatic heterocycles. The number of aliphatic hydroxyl groups is 1. The Hall–Kier alpha value is -1.82. The van der Waals surface area contributed by atoms with Crippen molar-refractivity contribution < 1.29 is 13.9 Å². The van der Waals surface area contributed by atoms with Crippen LogP contribution in [0, 0.1) is 11.6 Å². The second-order valence-corrected chi connectivity index (χ2v) is 3.69. The van der Waals surface area contributed by atoms with Crippen molar-refractivity contribution in [1.82, 2.24) is 14.8 Å². The summed E-state index contributed by atoms with van der Waals surface area (Å²) in [5.74, 6) is -1.33. The molecule has 0 saturated carbocycles. The normalized spacial score (nSPS) is 12.7. The van der Waals surface area contributed by atoms with Crippen LogP contribution in [-0.4, -0.2) is 19.9 Å². The summed E-state index contributed by atoms with van der Waals surface area (Å²) in [6, 6.07) is 3.32. The summed E-state index contributed by atoms with van der Waals surface area (Å²) in [4.78, 5) is 3.95. The lowest BCUT2D eigenvalue weighted by Gasteiger charge is -2.10. The smallest absolute Gasteiger partial charge is 0.159 e. The van der Waals surface area contributed by atoms with Crippen LogP contribution in [0.4, 0.5) is 8.78 Å². The van der Waals surface area contributed by atoms with E-state index >= 15 is 0 Å². The molecular formula is C11H11F2N3O. The zero-order valence-electron chi connectivity index (χ0n) is 9.14. The lowest BCUT2D eigenvalue weighted by Crippen LogP contribution is -2.08. The van der Waals surface area contributed by atoms with Gasteiger partial charge in [0.1, 0.15) is 12.2 Å². The molecule has 1 atom stereocenters. The maximum atomic E-state index is 13.0. The fourth-order valence-corrected chi connectivity index (χ4v) is 1.52. The molecule has 90 valence electrons. The highest BCUT2D eigenvalue weighted by molar-refractivity contribution is 5.20. The maximum Gasteiger partial charge on any atom is 0.159 e. The molecule has 0 spiro atoms. The monoisotopic (exact) mass is 239 g/mol. The predicted molar refractivity (Wildman–Crippen MR) is 56.0 cm³/mol.